The number of nitrogens with zero attached hydrogens (tertiary/aromatic N) is 1. The van der Waals surface area contributed by atoms with Crippen LogP contribution in [0.25, 0.3) is 21.8 Å². The van der Waals surface area contributed by atoms with E-state index in [0.717, 1.165) is 50.4 Å². The summed E-state index contributed by atoms with van der Waals surface area (Å²) in [5, 5.41) is 3.50. The Balaban J connectivity index is 1.09. The third kappa shape index (κ3) is 5.33. The van der Waals surface area contributed by atoms with Gasteiger partial charge in [0.05, 0.1) is 30.8 Å². The van der Waals surface area contributed by atoms with Crippen LogP contribution in [-0.4, -0.2) is 43.1 Å². The maximum absolute atomic E-state index is 14.4. The van der Waals surface area contributed by atoms with Crippen LogP contribution in [0, 0.1) is 5.82 Å². The number of fused-ring (bicyclic) bond motifs is 3. The fourth-order valence-electron chi connectivity index (χ4n) is 5.77. The number of para-hydroxylation sites is 2. The zero-order valence-electron chi connectivity index (χ0n) is 23.6. The highest BCUT2D eigenvalue weighted by atomic mass is 19.1. The Hall–Kier alpha value is -4.69. The van der Waals surface area contributed by atoms with E-state index in [4.69, 9.17) is 9.47 Å². The predicted molar refractivity (Wildman–Crippen MR) is 163 cm³/mol. The molecule has 0 atom stereocenters. The first-order valence-electron chi connectivity index (χ1n) is 14.0. The van der Waals surface area contributed by atoms with Crippen LogP contribution in [0.5, 0.6) is 11.5 Å². The zero-order valence-corrected chi connectivity index (χ0v) is 23.6. The van der Waals surface area contributed by atoms with Crippen LogP contribution in [0.4, 0.5) is 10.1 Å². The van der Waals surface area contributed by atoms with Crippen LogP contribution in [0.2, 0.25) is 0 Å². The molecule has 2 heterocycles. The summed E-state index contributed by atoms with van der Waals surface area (Å²) in [4.78, 5) is 31.6. The Morgan fingerprint density at radius 1 is 0.929 bits per heavy atom. The summed E-state index contributed by atoms with van der Waals surface area (Å²) >= 11 is 0. The molecule has 5 aromatic rings. The Labute approximate surface area is 242 Å². The van der Waals surface area contributed by atoms with Gasteiger partial charge in [-0.1, -0.05) is 24.3 Å². The van der Waals surface area contributed by atoms with Crippen LogP contribution in [0.15, 0.2) is 77.6 Å². The monoisotopic (exact) mass is 565 g/mol. The second-order valence-electron chi connectivity index (χ2n) is 10.6. The highest BCUT2D eigenvalue weighted by Crippen LogP contribution is 2.33. The Morgan fingerprint density at radius 2 is 1.62 bits per heavy atom. The summed E-state index contributed by atoms with van der Waals surface area (Å²) in [6.45, 7) is 2.89. The minimum atomic E-state index is -0.539. The molecule has 0 bridgehead atoms. The van der Waals surface area contributed by atoms with E-state index in [1.54, 1.807) is 38.5 Å². The first-order chi connectivity index (χ1) is 20.4. The number of hydrogen-bond donors (Lipinski definition) is 2. The number of hydrogen-bond acceptors (Lipinski definition) is 5. The summed E-state index contributed by atoms with van der Waals surface area (Å²) in [7, 11) is 3.33. The molecule has 7 nitrogen and oxygen atoms in total. The number of aromatic amines is 1. The topological polar surface area (TPSA) is 83.7 Å². The van der Waals surface area contributed by atoms with Gasteiger partial charge in [0.15, 0.2) is 16.9 Å². The molecule has 1 aliphatic rings. The number of H-pyrrole nitrogens is 1. The van der Waals surface area contributed by atoms with Crippen molar-refractivity contribution in [3.05, 3.63) is 111 Å². The van der Waals surface area contributed by atoms with E-state index in [2.05, 4.69) is 27.3 Å². The molecule has 42 heavy (non-hydrogen) atoms. The standard InChI is InChI=1S/C34H32FN3O4/c1-41-29-18-22-15-17-38(20-23(22)19-30(29)42-2)16-5-6-21-11-13-24(14-12-21)36-34(40)27-9-3-7-25-31(27)37-32-26(33(25)39)8-4-10-28(32)35/h3-4,7-14,18-19H,5-6,15-17,20H2,1-2H3,(H,36,40)(H,37,39). The number of benzene rings is 4. The summed E-state index contributed by atoms with van der Waals surface area (Å²) in [6, 6.07) is 21.3. The van der Waals surface area contributed by atoms with Gasteiger partial charge in [0.25, 0.3) is 5.91 Å². The Kier molecular flexibility index (Phi) is 7.63. The van der Waals surface area contributed by atoms with Crippen LogP contribution < -0.4 is 20.2 Å². The SMILES string of the molecule is COc1cc2c(cc1OC)CN(CCCc1ccc(NC(=O)c3cccc4c(=O)c5cccc(F)c5[nH]c34)cc1)CC2. The van der Waals surface area contributed by atoms with Crippen LogP contribution in [0.1, 0.15) is 33.5 Å². The third-order valence-corrected chi connectivity index (χ3v) is 8.01. The quantitative estimate of drug-likeness (QED) is 0.223. The van der Waals surface area contributed by atoms with Crippen molar-refractivity contribution in [1.82, 2.24) is 9.88 Å². The molecule has 0 spiro atoms. The second kappa shape index (κ2) is 11.7. The number of nitrogens with one attached hydrogen (secondary N) is 2. The lowest BCUT2D eigenvalue weighted by molar-refractivity contribution is 0.102. The Bertz CT molecular complexity index is 1850. The molecule has 1 aliphatic heterocycles. The van der Waals surface area contributed by atoms with Gasteiger partial charge >= 0.3 is 0 Å². The number of rotatable bonds is 8. The van der Waals surface area contributed by atoms with Gasteiger partial charge in [-0.15, -0.1) is 0 Å². The number of carbonyl (C=O) groups excluding carboxylic acids is 1. The average molecular weight is 566 g/mol. The van der Waals surface area contributed by atoms with E-state index in [-0.39, 0.29) is 27.8 Å². The first kappa shape index (κ1) is 27.5. The van der Waals surface area contributed by atoms with Gasteiger partial charge in [0, 0.05) is 29.5 Å². The zero-order chi connectivity index (χ0) is 29.2. The number of carbonyl (C=O) groups is 1. The number of halogens is 1. The number of aryl methyl sites for hydroxylation is 1. The Morgan fingerprint density at radius 3 is 2.36 bits per heavy atom. The molecule has 1 amide bonds. The van der Waals surface area contributed by atoms with E-state index in [1.807, 2.05) is 24.3 Å². The second-order valence-corrected chi connectivity index (χ2v) is 10.6. The molecule has 0 unspecified atom stereocenters. The molecular weight excluding hydrogens is 533 g/mol. The van der Waals surface area contributed by atoms with Crippen molar-refractivity contribution in [2.24, 2.45) is 0 Å². The summed E-state index contributed by atoms with van der Waals surface area (Å²) in [5.41, 5.74) is 4.80. The normalized spacial score (nSPS) is 13.2. The van der Waals surface area contributed by atoms with Crippen molar-refractivity contribution in [3.63, 3.8) is 0 Å². The van der Waals surface area contributed by atoms with Crippen molar-refractivity contribution in [2.45, 2.75) is 25.8 Å². The molecule has 0 saturated heterocycles. The van der Waals surface area contributed by atoms with Crippen LogP contribution >= 0.6 is 0 Å². The van der Waals surface area contributed by atoms with Gasteiger partial charge in [0.1, 0.15) is 5.82 Å². The maximum atomic E-state index is 14.4. The van der Waals surface area contributed by atoms with Crippen molar-refractivity contribution >= 4 is 33.4 Å². The number of methoxy groups -OCH3 is 2. The number of anilines is 1. The fourth-order valence-corrected chi connectivity index (χ4v) is 5.77. The lowest BCUT2D eigenvalue weighted by atomic mass is 9.98. The number of amides is 1. The van der Waals surface area contributed by atoms with Gasteiger partial charge < -0.3 is 19.8 Å². The van der Waals surface area contributed by atoms with Gasteiger partial charge in [0.2, 0.25) is 0 Å². The van der Waals surface area contributed by atoms with E-state index in [1.165, 1.54) is 28.8 Å². The van der Waals surface area contributed by atoms with E-state index in [0.29, 0.717) is 16.6 Å². The highest BCUT2D eigenvalue weighted by molar-refractivity contribution is 6.13. The lowest BCUT2D eigenvalue weighted by Gasteiger charge is -2.29. The molecule has 4 aromatic carbocycles. The minimum absolute atomic E-state index is 0.0910. The third-order valence-electron chi connectivity index (χ3n) is 8.01. The predicted octanol–water partition coefficient (Wildman–Crippen LogP) is 6.08. The van der Waals surface area contributed by atoms with Gasteiger partial charge in [-0.25, -0.2) is 4.39 Å². The van der Waals surface area contributed by atoms with Crippen molar-refractivity contribution in [2.75, 3.05) is 32.6 Å². The largest absolute Gasteiger partial charge is 0.493 e. The number of ether oxygens (including phenoxy) is 2. The minimum Gasteiger partial charge on any atom is -0.493 e. The van der Waals surface area contributed by atoms with E-state index >= 15 is 0 Å². The summed E-state index contributed by atoms with van der Waals surface area (Å²) < 4.78 is 25.4. The first-order valence-corrected chi connectivity index (χ1v) is 14.0. The molecule has 2 N–H and O–H groups in total. The van der Waals surface area contributed by atoms with E-state index in [9.17, 15) is 14.0 Å². The molecule has 0 aliphatic carbocycles. The maximum Gasteiger partial charge on any atom is 0.257 e. The van der Waals surface area contributed by atoms with Crippen LogP contribution in [0.3, 0.4) is 0 Å². The fraction of sp³-hybridized carbons (Fsp3) is 0.235. The summed E-state index contributed by atoms with van der Waals surface area (Å²) in [5.74, 6) is 0.629. The van der Waals surface area contributed by atoms with Gasteiger partial charge in [-0.2, -0.15) is 0 Å². The molecule has 8 heteroatoms. The molecule has 0 radical (unpaired) electrons. The molecule has 0 fully saturated rings. The molecular formula is C34H32FN3O4. The average Bonchev–Trinajstić information content (AvgIpc) is 3.01. The summed E-state index contributed by atoms with van der Waals surface area (Å²) in [6.07, 6.45) is 2.93. The van der Waals surface area contributed by atoms with Gasteiger partial charge in [-0.05, 0) is 91.0 Å². The molecule has 1 aromatic heterocycles. The lowest BCUT2D eigenvalue weighted by Crippen LogP contribution is -2.31. The van der Waals surface area contributed by atoms with Crippen LogP contribution in [-0.2, 0) is 19.4 Å². The molecule has 0 saturated carbocycles. The highest BCUT2D eigenvalue weighted by Gasteiger charge is 2.19. The van der Waals surface area contributed by atoms with E-state index < -0.39 is 5.82 Å². The van der Waals surface area contributed by atoms with Crippen molar-refractivity contribution < 1.29 is 18.7 Å². The molecule has 214 valence electrons. The van der Waals surface area contributed by atoms with Crippen molar-refractivity contribution in [1.29, 1.82) is 0 Å². The van der Waals surface area contributed by atoms with Crippen molar-refractivity contribution in [3.8, 4) is 11.5 Å². The number of pyridine rings is 1. The smallest absolute Gasteiger partial charge is 0.257 e. The molecule has 6 rings (SSSR count). The number of aromatic nitrogens is 1. The van der Waals surface area contributed by atoms with Gasteiger partial charge in [-0.3, -0.25) is 14.5 Å².